The van der Waals surface area contributed by atoms with Gasteiger partial charge >= 0.3 is 0 Å². The highest BCUT2D eigenvalue weighted by Crippen LogP contribution is 2.12. The number of nitrogens with zero attached hydrogens (tertiary/aromatic N) is 1. The molecule has 0 spiro atoms. The average Bonchev–Trinajstić information content (AvgIpc) is 2.64. The molecule has 0 heterocycles. The maximum Gasteiger partial charge on any atom is 0.186 e. The van der Waals surface area contributed by atoms with Gasteiger partial charge in [-0.05, 0) is 31.5 Å². The Morgan fingerprint density at radius 2 is 1.15 bits per heavy atom. The summed E-state index contributed by atoms with van der Waals surface area (Å²) in [6.45, 7) is 5.42. The number of hydrazone groups is 1. The van der Waals surface area contributed by atoms with E-state index < -0.39 is 0 Å². The molecule has 0 saturated carbocycles. The number of unbranched alkanes of at least 4 members (excludes halogenated alkanes) is 15. The lowest BCUT2D eigenvalue weighted by molar-refractivity contribution is 0.535. The van der Waals surface area contributed by atoms with E-state index in [2.05, 4.69) is 29.7 Å². The first-order valence-corrected chi connectivity index (χ1v) is 11.8. The Balaban J connectivity index is 3.15. The van der Waals surface area contributed by atoms with E-state index in [1.54, 1.807) is 0 Å². The standard InChI is InChI=1S/C22H45N3S/c1-3-5-7-8-9-10-11-12-13-14-15-16-17-19-20-23-22(26)25-24-21-18-6-4-2/h21H,3-20H2,1-2H3,(H2,23,25,26)/b24-21+. The van der Waals surface area contributed by atoms with E-state index in [9.17, 15) is 0 Å². The molecule has 0 aromatic carbocycles. The molecule has 3 nitrogen and oxygen atoms in total. The van der Waals surface area contributed by atoms with E-state index in [-0.39, 0.29) is 0 Å². The van der Waals surface area contributed by atoms with Gasteiger partial charge in [-0.2, -0.15) is 5.10 Å². The van der Waals surface area contributed by atoms with Crippen LogP contribution in [0.4, 0.5) is 0 Å². The predicted octanol–water partition coefficient (Wildman–Crippen LogP) is 7.11. The molecule has 2 N–H and O–H groups in total. The SMILES string of the molecule is CCCC/C=N/NC(=S)NCCCCCCCCCCCCCCCC. The fraction of sp³-hybridized carbons (Fsp3) is 0.909. The summed E-state index contributed by atoms with van der Waals surface area (Å²) in [5.74, 6) is 0. The van der Waals surface area contributed by atoms with Crippen LogP contribution in [0.1, 0.15) is 123 Å². The van der Waals surface area contributed by atoms with Crippen LogP contribution in [-0.2, 0) is 0 Å². The van der Waals surface area contributed by atoms with Crippen LogP contribution in [0.5, 0.6) is 0 Å². The topological polar surface area (TPSA) is 36.4 Å². The zero-order valence-electron chi connectivity index (χ0n) is 17.7. The van der Waals surface area contributed by atoms with Gasteiger partial charge in [0, 0.05) is 12.8 Å². The Kier molecular flexibility index (Phi) is 21.8. The van der Waals surface area contributed by atoms with Gasteiger partial charge in [0.1, 0.15) is 0 Å². The third kappa shape index (κ3) is 21.4. The van der Waals surface area contributed by atoms with E-state index in [1.165, 1.54) is 103 Å². The molecule has 0 bridgehead atoms. The molecule has 0 radical (unpaired) electrons. The second-order valence-corrected chi connectivity index (χ2v) is 7.83. The number of hydrogen-bond donors (Lipinski definition) is 2. The fourth-order valence-corrected chi connectivity index (χ4v) is 3.18. The van der Waals surface area contributed by atoms with Gasteiger partial charge in [-0.15, -0.1) is 0 Å². The van der Waals surface area contributed by atoms with Crippen LogP contribution >= 0.6 is 12.2 Å². The van der Waals surface area contributed by atoms with E-state index in [4.69, 9.17) is 12.2 Å². The summed E-state index contributed by atoms with van der Waals surface area (Å²) in [7, 11) is 0. The fourth-order valence-electron chi connectivity index (χ4n) is 3.03. The highest BCUT2D eigenvalue weighted by Gasteiger charge is 1.95. The molecular formula is C22H45N3S. The molecule has 0 fully saturated rings. The molecule has 0 saturated heterocycles. The summed E-state index contributed by atoms with van der Waals surface area (Å²) in [5.41, 5.74) is 2.88. The van der Waals surface area contributed by atoms with Crippen molar-refractivity contribution in [1.29, 1.82) is 0 Å². The van der Waals surface area contributed by atoms with Gasteiger partial charge in [0.15, 0.2) is 5.11 Å². The third-order valence-electron chi connectivity index (χ3n) is 4.76. The van der Waals surface area contributed by atoms with Crippen molar-refractivity contribution in [3.8, 4) is 0 Å². The normalized spacial score (nSPS) is 11.2. The first-order valence-electron chi connectivity index (χ1n) is 11.4. The monoisotopic (exact) mass is 383 g/mol. The van der Waals surface area contributed by atoms with Crippen LogP contribution in [0.2, 0.25) is 0 Å². The number of rotatable bonds is 19. The van der Waals surface area contributed by atoms with Crippen LogP contribution in [0.25, 0.3) is 0 Å². The number of thiocarbonyl (C=S) groups is 1. The van der Waals surface area contributed by atoms with Crippen molar-refractivity contribution in [2.24, 2.45) is 5.10 Å². The van der Waals surface area contributed by atoms with E-state index in [1.807, 2.05) is 6.21 Å². The molecule has 0 amide bonds. The molecule has 0 aromatic rings. The molecule has 154 valence electrons. The zero-order valence-corrected chi connectivity index (χ0v) is 18.5. The van der Waals surface area contributed by atoms with E-state index in [0.29, 0.717) is 5.11 Å². The molecule has 26 heavy (non-hydrogen) atoms. The Labute approximate surface area is 169 Å². The molecule has 0 aliphatic rings. The Morgan fingerprint density at radius 1 is 0.692 bits per heavy atom. The van der Waals surface area contributed by atoms with Crippen LogP contribution < -0.4 is 10.7 Å². The Morgan fingerprint density at radius 3 is 1.65 bits per heavy atom. The lowest BCUT2D eigenvalue weighted by Gasteiger charge is -2.07. The van der Waals surface area contributed by atoms with E-state index >= 15 is 0 Å². The third-order valence-corrected chi connectivity index (χ3v) is 5.00. The smallest absolute Gasteiger partial charge is 0.186 e. The molecule has 0 aromatic heterocycles. The molecule has 0 aliphatic carbocycles. The van der Waals surface area contributed by atoms with Gasteiger partial charge in [-0.1, -0.05) is 104 Å². The average molecular weight is 384 g/mol. The van der Waals surface area contributed by atoms with Crippen molar-refractivity contribution in [2.75, 3.05) is 6.54 Å². The summed E-state index contributed by atoms with van der Waals surface area (Å²) < 4.78 is 0. The maximum atomic E-state index is 5.20. The van der Waals surface area contributed by atoms with Gasteiger partial charge in [0.05, 0.1) is 0 Å². The summed E-state index contributed by atoms with van der Waals surface area (Å²) >= 11 is 5.20. The molecule has 0 rings (SSSR count). The van der Waals surface area contributed by atoms with Crippen molar-refractivity contribution in [3.05, 3.63) is 0 Å². The largest absolute Gasteiger partial charge is 0.361 e. The summed E-state index contributed by atoms with van der Waals surface area (Å²) in [6.07, 6.45) is 24.8. The minimum Gasteiger partial charge on any atom is -0.361 e. The molecule has 0 atom stereocenters. The second kappa shape index (κ2) is 22.4. The predicted molar refractivity (Wildman–Crippen MR) is 122 cm³/mol. The lowest BCUT2D eigenvalue weighted by atomic mass is 10.0. The molecule has 4 heteroatoms. The van der Waals surface area contributed by atoms with E-state index in [0.717, 1.165) is 13.0 Å². The van der Waals surface area contributed by atoms with Gasteiger partial charge in [0.25, 0.3) is 0 Å². The molecule has 0 aliphatic heterocycles. The highest BCUT2D eigenvalue weighted by molar-refractivity contribution is 7.80. The van der Waals surface area contributed by atoms with Gasteiger partial charge < -0.3 is 5.32 Å². The van der Waals surface area contributed by atoms with Crippen LogP contribution in [-0.4, -0.2) is 17.9 Å². The highest BCUT2D eigenvalue weighted by atomic mass is 32.1. The summed E-state index contributed by atoms with van der Waals surface area (Å²) in [6, 6.07) is 0. The number of nitrogens with one attached hydrogen (secondary N) is 2. The van der Waals surface area contributed by atoms with Crippen LogP contribution in [0.3, 0.4) is 0 Å². The Hall–Kier alpha value is -0.640. The number of hydrogen-bond acceptors (Lipinski definition) is 2. The maximum absolute atomic E-state index is 5.20. The first kappa shape index (κ1) is 25.4. The van der Waals surface area contributed by atoms with Gasteiger partial charge in [-0.3, -0.25) is 5.43 Å². The zero-order chi connectivity index (χ0) is 19.1. The molecular weight excluding hydrogens is 338 g/mol. The van der Waals surface area contributed by atoms with Crippen molar-refractivity contribution in [3.63, 3.8) is 0 Å². The van der Waals surface area contributed by atoms with Crippen molar-refractivity contribution < 1.29 is 0 Å². The minimum atomic E-state index is 0.646. The van der Waals surface area contributed by atoms with Gasteiger partial charge in [-0.25, -0.2) is 0 Å². The Bertz CT molecular complexity index is 319. The lowest BCUT2D eigenvalue weighted by Crippen LogP contribution is -2.32. The summed E-state index contributed by atoms with van der Waals surface area (Å²) in [4.78, 5) is 0. The van der Waals surface area contributed by atoms with Crippen molar-refractivity contribution >= 4 is 23.5 Å². The quantitative estimate of drug-likeness (QED) is 0.108. The minimum absolute atomic E-state index is 0.646. The van der Waals surface area contributed by atoms with Crippen molar-refractivity contribution in [2.45, 2.75) is 123 Å². The first-order chi connectivity index (χ1) is 12.8. The van der Waals surface area contributed by atoms with Crippen LogP contribution in [0.15, 0.2) is 5.10 Å². The summed E-state index contributed by atoms with van der Waals surface area (Å²) in [5, 5.41) is 7.99. The van der Waals surface area contributed by atoms with Crippen molar-refractivity contribution in [1.82, 2.24) is 10.7 Å². The second-order valence-electron chi connectivity index (χ2n) is 7.42. The molecule has 0 unspecified atom stereocenters. The van der Waals surface area contributed by atoms with Gasteiger partial charge in [0.2, 0.25) is 0 Å². The van der Waals surface area contributed by atoms with Crippen LogP contribution in [0, 0.1) is 0 Å².